The minimum atomic E-state index is -3.62. The Bertz CT molecular complexity index is 930. The Balaban J connectivity index is 1.79. The van der Waals surface area contributed by atoms with Crippen molar-refractivity contribution in [1.82, 2.24) is 4.41 Å². The molecule has 1 aliphatic heterocycles. The van der Waals surface area contributed by atoms with Crippen LogP contribution < -0.4 is 0 Å². The first-order chi connectivity index (χ1) is 13.9. The Labute approximate surface area is 175 Å². The van der Waals surface area contributed by atoms with Gasteiger partial charge in [-0.25, -0.2) is 0 Å². The van der Waals surface area contributed by atoms with Crippen molar-refractivity contribution in [3.05, 3.63) is 65.2 Å². The molecule has 0 saturated heterocycles. The van der Waals surface area contributed by atoms with E-state index in [2.05, 4.69) is 50.1 Å². The maximum Gasteiger partial charge on any atom is 0.279 e. The molecule has 5 heteroatoms. The highest BCUT2D eigenvalue weighted by Gasteiger charge is 2.26. The van der Waals surface area contributed by atoms with Gasteiger partial charge in [-0.3, -0.25) is 0 Å². The second-order valence-corrected chi connectivity index (χ2v) is 10.1. The molecule has 0 aromatic heterocycles. The number of rotatable bonds is 8. The van der Waals surface area contributed by atoms with Crippen LogP contribution in [0, 0.1) is 5.92 Å². The summed E-state index contributed by atoms with van der Waals surface area (Å²) >= 11 is 0. The van der Waals surface area contributed by atoms with Crippen LogP contribution >= 0.6 is 0 Å². The monoisotopic (exact) mass is 412 g/mol. The zero-order valence-electron chi connectivity index (χ0n) is 17.8. The van der Waals surface area contributed by atoms with E-state index in [1.807, 2.05) is 12.1 Å². The molecule has 0 aliphatic carbocycles. The van der Waals surface area contributed by atoms with Crippen LogP contribution in [0.1, 0.15) is 63.1 Å². The van der Waals surface area contributed by atoms with Crippen LogP contribution in [-0.2, 0) is 22.9 Å². The van der Waals surface area contributed by atoms with Crippen LogP contribution in [0.4, 0.5) is 0 Å². The number of sulfonamides is 1. The van der Waals surface area contributed by atoms with Crippen LogP contribution in [0.15, 0.2) is 58.5 Å². The molecule has 0 N–H and O–H groups in total. The van der Waals surface area contributed by atoms with Crippen LogP contribution in [0.2, 0.25) is 0 Å². The highest BCUT2D eigenvalue weighted by Crippen LogP contribution is 2.23. The summed E-state index contributed by atoms with van der Waals surface area (Å²) < 4.78 is 27.4. The molecule has 0 radical (unpaired) electrons. The van der Waals surface area contributed by atoms with Gasteiger partial charge in [0.15, 0.2) is 0 Å². The highest BCUT2D eigenvalue weighted by atomic mass is 32.2. The van der Waals surface area contributed by atoms with Gasteiger partial charge < -0.3 is 0 Å². The minimum Gasteiger partial charge on any atom is -0.200 e. The van der Waals surface area contributed by atoms with Crippen molar-refractivity contribution in [2.45, 2.75) is 64.2 Å². The summed E-state index contributed by atoms with van der Waals surface area (Å²) in [5, 5.41) is 4.52. The summed E-state index contributed by atoms with van der Waals surface area (Å²) in [6.07, 6.45) is 5.84. The van der Waals surface area contributed by atoms with Crippen LogP contribution in [0.25, 0.3) is 0 Å². The fraction of sp³-hybridized carbons (Fsp3) is 0.458. The van der Waals surface area contributed by atoms with E-state index >= 15 is 0 Å². The Hall–Kier alpha value is -2.14. The number of hydrogen-bond acceptors (Lipinski definition) is 3. The quantitative estimate of drug-likeness (QED) is 0.581. The number of aryl methyl sites for hydroxylation is 1. The van der Waals surface area contributed by atoms with Crippen molar-refractivity contribution < 1.29 is 8.42 Å². The molecule has 0 spiro atoms. The number of nitrogens with zero attached hydrogens (tertiary/aromatic N) is 2. The SMILES string of the molecule is CCCCc1ccc(S(=O)(=O)N2CCCC(c3ccc(CC(C)C)cc3)=N2)cc1. The van der Waals surface area contributed by atoms with Gasteiger partial charge in [-0.15, -0.1) is 0 Å². The molecule has 2 aromatic rings. The van der Waals surface area contributed by atoms with Gasteiger partial charge in [0.05, 0.1) is 17.2 Å². The molecular formula is C24H32N2O2S. The van der Waals surface area contributed by atoms with Crippen molar-refractivity contribution in [3.8, 4) is 0 Å². The molecule has 1 heterocycles. The van der Waals surface area contributed by atoms with Crippen molar-refractivity contribution in [1.29, 1.82) is 0 Å². The molecule has 0 unspecified atom stereocenters. The molecule has 0 amide bonds. The number of unbranched alkanes of at least 4 members (excludes halogenated alkanes) is 1. The van der Waals surface area contributed by atoms with Gasteiger partial charge in [-0.1, -0.05) is 63.6 Å². The van der Waals surface area contributed by atoms with Crippen LogP contribution in [-0.4, -0.2) is 25.1 Å². The summed E-state index contributed by atoms with van der Waals surface area (Å²) in [6, 6.07) is 15.6. The molecule has 4 nitrogen and oxygen atoms in total. The normalized spacial score (nSPS) is 14.9. The maximum absolute atomic E-state index is 13.1. The molecule has 29 heavy (non-hydrogen) atoms. The van der Waals surface area contributed by atoms with Gasteiger partial charge in [0.2, 0.25) is 0 Å². The Morgan fingerprint density at radius 1 is 1.00 bits per heavy atom. The lowest BCUT2D eigenvalue weighted by Crippen LogP contribution is -2.32. The van der Waals surface area contributed by atoms with Gasteiger partial charge in [0, 0.05) is 0 Å². The molecular weight excluding hydrogens is 380 g/mol. The lowest BCUT2D eigenvalue weighted by molar-refractivity contribution is 0.410. The van der Waals surface area contributed by atoms with Gasteiger partial charge in [-0.2, -0.15) is 17.9 Å². The van der Waals surface area contributed by atoms with E-state index in [0.29, 0.717) is 17.4 Å². The van der Waals surface area contributed by atoms with E-state index in [9.17, 15) is 8.42 Å². The topological polar surface area (TPSA) is 49.7 Å². The Morgan fingerprint density at radius 2 is 1.66 bits per heavy atom. The molecule has 0 bridgehead atoms. The van der Waals surface area contributed by atoms with E-state index in [0.717, 1.165) is 49.8 Å². The van der Waals surface area contributed by atoms with Gasteiger partial charge in [0.1, 0.15) is 0 Å². The molecule has 3 rings (SSSR count). The average molecular weight is 413 g/mol. The third-order valence-electron chi connectivity index (χ3n) is 5.24. The molecule has 0 saturated carbocycles. The summed E-state index contributed by atoms with van der Waals surface area (Å²) in [5.74, 6) is 0.613. The predicted molar refractivity (Wildman–Crippen MR) is 120 cm³/mol. The second-order valence-electron chi connectivity index (χ2n) is 8.24. The first-order valence-corrected chi connectivity index (χ1v) is 12.1. The lowest BCUT2D eigenvalue weighted by atomic mass is 9.99. The van der Waals surface area contributed by atoms with Gasteiger partial charge in [-0.05, 0) is 66.8 Å². The Kier molecular flexibility index (Phi) is 7.12. The number of hydrogen-bond donors (Lipinski definition) is 0. The maximum atomic E-state index is 13.1. The van der Waals surface area contributed by atoms with E-state index in [1.165, 1.54) is 15.5 Å². The van der Waals surface area contributed by atoms with Gasteiger partial charge in [0.25, 0.3) is 10.0 Å². The van der Waals surface area contributed by atoms with Crippen molar-refractivity contribution in [2.75, 3.05) is 6.54 Å². The fourth-order valence-corrected chi connectivity index (χ4v) is 4.93. The smallest absolute Gasteiger partial charge is 0.200 e. The molecule has 156 valence electrons. The van der Waals surface area contributed by atoms with Crippen LogP contribution in [0.5, 0.6) is 0 Å². The highest BCUT2D eigenvalue weighted by molar-refractivity contribution is 7.89. The molecule has 1 aliphatic rings. The third kappa shape index (κ3) is 5.47. The molecule has 0 fully saturated rings. The van der Waals surface area contributed by atoms with Crippen molar-refractivity contribution in [2.24, 2.45) is 11.0 Å². The van der Waals surface area contributed by atoms with Crippen molar-refractivity contribution in [3.63, 3.8) is 0 Å². The standard InChI is InChI=1S/C24H32N2O2S/c1-4-5-7-20-11-15-23(16-12-20)29(27,28)26-17-6-8-24(25-26)22-13-9-21(10-14-22)18-19(2)3/h9-16,19H,4-8,17-18H2,1-3H3. The largest absolute Gasteiger partial charge is 0.279 e. The number of hydrazone groups is 1. The lowest BCUT2D eigenvalue weighted by Gasteiger charge is -2.25. The minimum absolute atomic E-state index is 0.315. The first kappa shape index (κ1) is 21.6. The summed E-state index contributed by atoms with van der Waals surface area (Å²) in [4.78, 5) is 0.315. The van der Waals surface area contributed by atoms with Gasteiger partial charge >= 0.3 is 0 Å². The summed E-state index contributed by atoms with van der Waals surface area (Å²) in [6.45, 7) is 6.99. The fourth-order valence-electron chi connectivity index (χ4n) is 3.63. The van der Waals surface area contributed by atoms with E-state index in [1.54, 1.807) is 12.1 Å². The van der Waals surface area contributed by atoms with Crippen LogP contribution in [0.3, 0.4) is 0 Å². The van der Waals surface area contributed by atoms with E-state index in [4.69, 9.17) is 0 Å². The second kappa shape index (κ2) is 9.57. The Morgan fingerprint density at radius 3 is 2.28 bits per heavy atom. The zero-order valence-corrected chi connectivity index (χ0v) is 18.6. The summed E-state index contributed by atoms with van der Waals surface area (Å²) in [5.41, 5.74) is 4.32. The first-order valence-electron chi connectivity index (χ1n) is 10.7. The summed E-state index contributed by atoms with van der Waals surface area (Å²) in [7, 11) is -3.62. The van der Waals surface area contributed by atoms with E-state index < -0.39 is 10.0 Å². The van der Waals surface area contributed by atoms with E-state index in [-0.39, 0.29) is 0 Å². The third-order valence-corrected chi connectivity index (χ3v) is 6.93. The number of benzene rings is 2. The zero-order chi connectivity index (χ0) is 20.9. The molecule has 2 aromatic carbocycles. The molecule has 0 atom stereocenters. The van der Waals surface area contributed by atoms with Crippen molar-refractivity contribution >= 4 is 15.7 Å². The average Bonchev–Trinajstić information content (AvgIpc) is 2.73. The predicted octanol–water partition coefficient (Wildman–Crippen LogP) is 5.42.